The minimum Gasteiger partial charge on any atom is -0.349 e. The quantitative estimate of drug-likeness (QED) is 0.145. The smallest absolute Gasteiger partial charge is 0.283 e. The summed E-state index contributed by atoms with van der Waals surface area (Å²) in [6.45, 7) is 3.91. The molecule has 9 nitrogen and oxygen atoms in total. The first-order valence-corrected chi connectivity index (χ1v) is 12.1. The number of thioether (sulfide) groups is 1. The Morgan fingerprint density at radius 3 is 2.58 bits per heavy atom. The van der Waals surface area contributed by atoms with E-state index in [9.17, 15) is 19.7 Å². The molecule has 0 aliphatic heterocycles. The summed E-state index contributed by atoms with van der Waals surface area (Å²) in [4.78, 5) is 44.8. The van der Waals surface area contributed by atoms with Crippen LogP contribution in [0.5, 0.6) is 0 Å². The van der Waals surface area contributed by atoms with Crippen LogP contribution in [0.4, 0.5) is 11.4 Å². The molecule has 2 aromatic heterocycles. The number of benzene rings is 3. The number of non-ortho nitro benzene ring substituents is 1. The van der Waals surface area contributed by atoms with Gasteiger partial charge in [-0.05, 0) is 43.7 Å². The van der Waals surface area contributed by atoms with E-state index in [1.165, 1.54) is 28.8 Å². The van der Waals surface area contributed by atoms with Crippen molar-refractivity contribution in [1.29, 1.82) is 0 Å². The van der Waals surface area contributed by atoms with Crippen LogP contribution < -0.4 is 10.9 Å². The maximum absolute atomic E-state index is 13.6. The number of nitro benzene ring substituents is 1. The Morgan fingerprint density at radius 2 is 1.86 bits per heavy atom. The monoisotopic (exact) mass is 499 g/mol. The average molecular weight is 500 g/mol. The van der Waals surface area contributed by atoms with Gasteiger partial charge < -0.3 is 10.3 Å². The summed E-state index contributed by atoms with van der Waals surface area (Å²) in [5.74, 6) is -0.226. The van der Waals surface area contributed by atoms with E-state index in [1.54, 1.807) is 0 Å². The molecule has 0 aliphatic rings. The van der Waals surface area contributed by atoms with Crippen LogP contribution in [-0.4, -0.2) is 31.1 Å². The number of anilines is 1. The van der Waals surface area contributed by atoms with Crippen molar-refractivity contribution < 1.29 is 9.72 Å². The number of fused-ring (bicyclic) bond motifs is 3. The summed E-state index contributed by atoms with van der Waals surface area (Å²) in [5, 5.41) is 15.1. The predicted molar refractivity (Wildman–Crippen MR) is 141 cm³/mol. The van der Waals surface area contributed by atoms with Gasteiger partial charge in [-0.25, -0.2) is 4.98 Å². The van der Waals surface area contributed by atoms with Gasteiger partial charge in [0, 0.05) is 28.7 Å². The molecule has 0 bridgehead atoms. The first-order chi connectivity index (χ1) is 17.3. The number of nitrogens with zero attached hydrogens (tertiary/aromatic N) is 3. The van der Waals surface area contributed by atoms with Crippen molar-refractivity contribution in [2.24, 2.45) is 0 Å². The summed E-state index contributed by atoms with van der Waals surface area (Å²) in [6, 6.07) is 18.9. The van der Waals surface area contributed by atoms with Gasteiger partial charge >= 0.3 is 0 Å². The molecule has 5 aromatic rings. The molecular weight excluding hydrogens is 478 g/mol. The summed E-state index contributed by atoms with van der Waals surface area (Å²) >= 11 is 1.12. The van der Waals surface area contributed by atoms with E-state index in [0.717, 1.165) is 39.5 Å². The summed E-state index contributed by atoms with van der Waals surface area (Å²) in [5.41, 5.74) is 4.33. The number of aromatic nitrogens is 3. The maximum atomic E-state index is 13.6. The van der Waals surface area contributed by atoms with Crippen LogP contribution in [-0.2, 0) is 4.79 Å². The lowest BCUT2D eigenvalue weighted by molar-refractivity contribution is -0.384. The largest absolute Gasteiger partial charge is 0.349 e. The molecular formula is C26H21N5O4S. The first kappa shape index (κ1) is 23.3. The number of H-pyrrole nitrogens is 1. The van der Waals surface area contributed by atoms with Crippen molar-refractivity contribution in [3.63, 3.8) is 0 Å². The number of nitrogens with one attached hydrogen (secondary N) is 2. The Bertz CT molecular complexity index is 1710. The minimum atomic E-state index is -0.501. The van der Waals surface area contributed by atoms with E-state index in [2.05, 4.69) is 10.3 Å². The molecule has 0 unspecified atom stereocenters. The normalized spacial score (nSPS) is 11.2. The van der Waals surface area contributed by atoms with Gasteiger partial charge in [-0.1, -0.05) is 47.7 Å². The number of carbonyl (C=O) groups excluding carboxylic acids is 1. The van der Waals surface area contributed by atoms with Crippen LogP contribution in [0.1, 0.15) is 11.1 Å². The zero-order valence-corrected chi connectivity index (χ0v) is 20.3. The van der Waals surface area contributed by atoms with Gasteiger partial charge in [-0.3, -0.25) is 24.3 Å². The number of hydrogen-bond donors (Lipinski definition) is 2. The highest BCUT2D eigenvalue weighted by Crippen LogP contribution is 2.27. The molecule has 0 aliphatic carbocycles. The van der Waals surface area contributed by atoms with Gasteiger partial charge in [0.2, 0.25) is 5.91 Å². The lowest BCUT2D eigenvalue weighted by atomic mass is 10.1. The second-order valence-electron chi connectivity index (χ2n) is 8.36. The van der Waals surface area contributed by atoms with Crippen molar-refractivity contribution in [2.75, 3.05) is 11.1 Å². The molecule has 3 aromatic carbocycles. The van der Waals surface area contributed by atoms with Gasteiger partial charge in [-0.2, -0.15) is 0 Å². The molecule has 0 radical (unpaired) electrons. The van der Waals surface area contributed by atoms with Gasteiger partial charge in [0.25, 0.3) is 11.2 Å². The highest BCUT2D eigenvalue weighted by molar-refractivity contribution is 7.99. The standard InChI is InChI=1S/C26H21N5O4S/c1-15-7-12-20(16(2)13-15)27-22(32)14-36-26-29-23-19-5-3-4-6-21(19)28-24(23)25(33)30(26)17-8-10-18(11-9-17)31(34)35/h3-13,28H,14H2,1-2H3,(H,27,32). The molecule has 0 atom stereocenters. The summed E-state index contributed by atoms with van der Waals surface area (Å²) < 4.78 is 1.37. The van der Waals surface area contributed by atoms with E-state index >= 15 is 0 Å². The molecule has 36 heavy (non-hydrogen) atoms. The average Bonchev–Trinajstić information content (AvgIpc) is 3.24. The summed E-state index contributed by atoms with van der Waals surface area (Å²) in [6.07, 6.45) is 0. The van der Waals surface area contributed by atoms with E-state index < -0.39 is 4.92 Å². The van der Waals surface area contributed by atoms with E-state index in [0.29, 0.717) is 21.9 Å². The lowest BCUT2D eigenvalue weighted by Crippen LogP contribution is -2.23. The van der Waals surface area contributed by atoms with Crippen molar-refractivity contribution in [3.8, 4) is 5.69 Å². The molecule has 2 heterocycles. The molecule has 2 N–H and O–H groups in total. The first-order valence-electron chi connectivity index (χ1n) is 11.1. The SMILES string of the molecule is Cc1ccc(NC(=O)CSc2nc3c([nH]c4ccccc43)c(=O)n2-c2ccc([N+](=O)[O-])cc2)c(C)c1. The van der Waals surface area contributed by atoms with Crippen molar-refractivity contribution in [3.05, 3.63) is 98.3 Å². The van der Waals surface area contributed by atoms with Gasteiger partial charge in [0.1, 0.15) is 11.0 Å². The number of para-hydroxylation sites is 1. The van der Waals surface area contributed by atoms with Gasteiger partial charge in [-0.15, -0.1) is 0 Å². The zero-order chi connectivity index (χ0) is 25.4. The highest BCUT2D eigenvalue weighted by atomic mass is 32.2. The minimum absolute atomic E-state index is 0.0145. The van der Waals surface area contributed by atoms with Gasteiger partial charge in [0.15, 0.2) is 5.16 Å². The number of aromatic amines is 1. The van der Waals surface area contributed by atoms with Crippen molar-refractivity contribution in [2.45, 2.75) is 19.0 Å². The van der Waals surface area contributed by atoms with Crippen LogP contribution in [0.25, 0.3) is 27.6 Å². The van der Waals surface area contributed by atoms with Crippen LogP contribution in [0.3, 0.4) is 0 Å². The van der Waals surface area contributed by atoms with Gasteiger partial charge in [0.05, 0.1) is 16.4 Å². The highest BCUT2D eigenvalue weighted by Gasteiger charge is 2.19. The number of nitro groups is 1. The predicted octanol–water partition coefficient (Wildman–Crippen LogP) is 5.12. The number of aryl methyl sites for hydroxylation is 2. The lowest BCUT2D eigenvalue weighted by Gasteiger charge is -2.13. The Balaban J connectivity index is 1.55. The second kappa shape index (κ2) is 9.31. The summed E-state index contributed by atoms with van der Waals surface area (Å²) in [7, 11) is 0. The number of hydrogen-bond acceptors (Lipinski definition) is 6. The fourth-order valence-electron chi connectivity index (χ4n) is 4.06. The fourth-order valence-corrected chi connectivity index (χ4v) is 4.87. The zero-order valence-electron chi connectivity index (χ0n) is 19.4. The number of rotatable bonds is 6. The Labute approximate surface area is 209 Å². The van der Waals surface area contributed by atoms with Crippen LogP contribution in [0, 0.1) is 24.0 Å². The van der Waals surface area contributed by atoms with Crippen LogP contribution in [0.2, 0.25) is 0 Å². The Hall–Kier alpha value is -4.44. The molecule has 5 rings (SSSR count). The third-order valence-corrected chi connectivity index (χ3v) is 6.74. The molecule has 0 fully saturated rings. The van der Waals surface area contributed by atoms with E-state index in [-0.39, 0.29) is 22.9 Å². The third kappa shape index (κ3) is 4.34. The van der Waals surface area contributed by atoms with Crippen molar-refractivity contribution >= 4 is 51.0 Å². The van der Waals surface area contributed by atoms with E-state index in [4.69, 9.17) is 4.98 Å². The fraction of sp³-hybridized carbons (Fsp3) is 0.115. The molecule has 0 spiro atoms. The second-order valence-corrected chi connectivity index (χ2v) is 9.30. The Kier molecular flexibility index (Phi) is 6.03. The molecule has 1 amide bonds. The molecule has 0 saturated heterocycles. The van der Waals surface area contributed by atoms with Crippen LogP contribution in [0.15, 0.2) is 76.7 Å². The topological polar surface area (TPSA) is 123 Å². The van der Waals surface area contributed by atoms with Crippen molar-refractivity contribution in [1.82, 2.24) is 14.5 Å². The van der Waals surface area contributed by atoms with Crippen LogP contribution >= 0.6 is 11.8 Å². The Morgan fingerprint density at radius 1 is 1.11 bits per heavy atom. The molecule has 180 valence electrons. The molecule has 10 heteroatoms. The van der Waals surface area contributed by atoms with E-state index in [1.807, 2.05) is 56.3 Å². The number of carbonyl (C=O) groups is 1. The third-order valence-electron chi connectivity index (χ3n) is 5.80. The number of amides is 1. The molecule has 0 saturated carbocycles. The maximum Gasteiger partial charge on any atom is 0.283 e.